The number of rotatable bonds is 7. The maximum Gasteiger partial charge on any atom is 0.194 e. The molecule has 0 atom stereocenters. The van der Waals surface area contributed by atoms with E-state index in [2.05, 4.69) is 22.0 Å². The van der Waals surface area contributed by atoms with Gasteiger partial charge >= 0.3 is 0 Å². The van der Waals surface area contributed by atoms with E-state index >= 15 is 0 Å². The molecule has 30 heavy (non-hydrogen) atoms. The largest absolute Gasteiger partial charge is 0.506 e. The van der Waals surface area contributed by atoms with Gasteiger partial charge in [0.2, 0.25) is 0 Å². The summed E-state index contributed by atoms with van der Waals surface area (Å²) in [6, 6.07) is 13.3. The summed E-state index contributed by atoms with van der Waals surface area (Å²) in [6.45, 7) is 6.94. The Morgan fingerprint density at radius 3 is 2.50 bits per heavy atom. The molecular formula is C23H32N4O3. The highest BCUT2D eigenvalue weighted by Crippen LogP contribution is 2.27. The second-order valence-corrected chi connectivity index (χ2v) is 7.13. The van der Waals surface area contributed by atoms with E-state index in [1.807, 2.05) is 36.4 Å². The Labute approximate surface area is 178 Å². The molecule has 7 nitrogen and oxygen atoms in total. The van der Waals surface area contributed by atoms with Crippen molar-refractivity contribution in [3.63, 3.8) is 0 Å². The molecule has 0 saturated carbocycles. The maximum atomic E-state index is 10.1. The molecular weight excluding hydrogens is 380 g/mol. The van der Waals surface area contributed by atoms with Crippen LogP contribution in [-0.4, -0.2) is 69.5 Å². The molecule has 0 aliphatic carbocycles. The zero-order valence-electron chi connectivity index (χ0n) is 18.1. The summed E-state index contributed by atoms with van der Waals surface area (Å²) < 4.78 is 10.8. The van der Waals surface area contributed by atoms with Crippen LogP contribution in [-0.2, 0) is 6.42 Å². The van der Waals surface area contributed by atoms with E-state index in [0.29, 0.717) is 12.3 Å². The fourth-order valence-electron chi connectivity index (χ4n) is 3.68. The van der Waals surface area contributed by atoms with Crippen molar-refractivity contribution < 1.29 is 14.6 Å². The van der Waals surface area contributed by atoms with Crippen molar-refractivity contribution in [1.82, 2.24) is 10.2 Å². The summed E-state index contributed by atoms with van der Waals surface area (Å²) in [4.78, 5) is 9.35. The van der Waals surface area contributed by atoms with Crippen LogP contribution >= 0.6 is 0 Å². The highest BCUT2D eigenvalue weighted by atomic mass is 16.5. The second kappa shape index (κ2) is 10.6. The summed E-state index contributed by atoms with van der Waals surface area (Å²) in [5.74, 6) is 2.93. The SMILES string of the molecule is CCNC(=NCCc1cc(OC)ccc1OC)N1CCN(c2ccccc2O)CC1. The first-order valence-electron chi connectivity index (χ1n) is 10.4. The van der Waals surface area contributed by atoms with Crippen molar-refractivity contribution in [2.45, 2.75) is 13.3 Å². The number of anilines is 1. The Morgan fingerprint density at radius 2 is 1.83 bits per heavy atom. The molecule has 1 aliphatic heterocycles. The minimum absolute atomic E-state index is 0.332. The number of benzene rings is 2. The van der Waals surface area contributed by atoms with Gasteiger partial charge in [0.1, 0.15) is 17.2 Å². The van der Waals surface area contributed by atoms with Gasteiger partial charge in [-0.2, -0.15) is 0 Å². The maximum absolute atomic E-state index is 10.1. The number of hydrogen-bond acceptors (Lipinski definition) is 5. The molecule has 0 amide bonds. The van der Waals surface area contributed by atoms with Gasteiger partial charge in [-0.1, -0.05) is 12.1 Å². The number of phenolic OH excluding ortho intramolecular Hbond substituents is 1. The number of nitrogens with one attached hydrogen (secondary N) is 1. The monoisotopic (exact) mass is 412 g/mol. The number of nitrogens with zero attached hydrogens (tertiary/aromatic N) is 3. The molecule has 3 rings (SSSR count). The van der Waals surface area contributed by atoms with E-state index in [9.17, 15) is 5.11 Å². The van der Waals surface area contributed by atoms with E-state index < -0.39 is 0 Å². The Morgan fingerprint density at radius 1 is 1.07 bits per heavy atom. The number of hydrogen-bond donors (Lipinski definition) is 2. The molecule has 2 aromatic rings. The first kappa shape index (κ1) is 21.6. The number of aromatic hydroxyl groups is 1. The number of aliphatic imine (C=N–C) groups is 1. The number of ether oxygens (including phenoxy) is 2. The second-order valence-electron chi connectivity index (χ2n) is 7.13. The van der Waals surface area contributed by atoms with Gasteiger partial charge in [-0.25, -0.2) is 0 Å². The molecule has 0 bridgehead atoms. The minimum Gasteiger partial charge on any atom is -0.506 e. The van der Waals surface area contributed by atoms with Crippen LogP contribution in [0.15, 0.2) is 47.5 Å². The van der Waals surface area contributed by atoms with Gasteiger partial charge in [0.15, 0.2) is 5.96 Å². The fourth-order valence-corrected chi connectivity index (χ4v) is 3.68. The van der Waals surface area contributed by atoms with Gasteiger partial charge in [-0.15, -0.1) is 0 Å². The number of para-hydroxylation sites is 2. The van der Waals surface area contributed by atoms with Crippen LogP contribution in [0.3, 0.4) is 0 Å². The number of piperazine rings is 1. The van der Waals surface area contributed by atoms with E-state index in [0.717, 1.165) is 67.9 Å². The Balaban J connectivity index is 1.62. The van der Waals surface area contributed by atoms with Gasteiger partial charge in [0, 0.05) is 39.3 Å². The minimum atomic E-state index is 0.332. The third kappa shape index (κ3) is 5.28. The fraction of sp³-hybridized carbons (Fsp3) is 0.435. The van der Waals surface area contributed by atoms with Crippen LogP contribution in [0.2, 0.25) is 0 Å². The topological polar surface area (TPSA) is 69.6 Å². The van der Waals surface area contributed by atoms with E-state index in [-0.39, 0.29) is 0 Å². The standard InChI is InChI=1S/C23H32N4O3/c1-4-24-23(25-12-11-18-17-19(29-2)9-10-22(18)30-3)27-15-13-26(14-16-27)20-7-5-6-8-21(20)28/h5-10,17,28H,4,11-16H2,1-3H3,(H,24,25). The van der Waals surface area contributed by atoms with Gasteiger partial charge < -0.3 is 29.7 Å². The Kier molecular flexibility index (Phi) is 7.65. The first-order valence-corrected chi connectivity index (χ1v) is 10.4. The predicted octanol–water partition coefficient (Wildman–Crippen LogP) is 2.74. The molecule has 0 unspecified atom stereocenters. The Bertz CT molecular complexity index is 848. The molecule has 1 saturated heterocycles. The molecule has 1 aliphatic rings. The zero-order valence-corrected chi connectivity index (χ0v) is 18.1. The van der Waals surface area contributed by atoms with Gasteiger partial charge in [-0.3, -0.25) is 4.99 Å². The number of guanidine groups is 1. The molecule has 2 aromatic carbocycles. The molecule has 0 aromatic heterocycles. The lowest BCUT2D eigenvalue weighted by Crippen LogP contribution is -2.52. The van der Waals surface area contributed by atoms with Gasteiger partial charge in [-0.05, 0) is 49.2 Å². The molecule has 0 radical (unpaired) electrons. The van der Waals surface area contributed by atoms with E-state index in [1.54, 1.807) is 20.3 Å². The number of phenols is 1. The quantitative estimate of drug-likeness (QED) is 0.538. The molecule has 1 fully saturated rings. The van der Waals surface area contributed by atoms with Crippen LogP contribution in [0.25, 0.3) is 0 Å². The molecule has 162 valence electrons. The van der Waals surface area contributed by atoms with Crippen LogP contribution < -0.4 is 19.7 Å². The molecule has 1 heterocycles. The zero-order chi connectivity index (χ0) is 21.3. The molecule has 7 heteroatoms. The van der Waals surface area contributed by atoms with Gasteiger partial charge in [0.05, 0.1) is 19.9 Å². The summed E-state index contributed by atoms with van der Waals surface area (Å²) in [7, 11) is 3.35. The molecule has 0 spiro atoms. The lowest BCUT2D eigenvalue weighted by Gasteiger charge is -2.37. The van der Waals surface area contributed by atoms with Crippen molar-refractivity contribution in [3.05, 3.63) is 48.0 Å². The highest BCUT2D eigenvalue weighted by Gasteiger charge is 2.21. The summed E-state index contributed by atoms with van der Waals surface area (Å²) in [6.07, 6.45) is 0.771. The average Bonchev–Trinajstić information content (AvgIpc) is 2.79. The lowest BCUT2D eigenvalue weighted by molar-refractivity contribution is 0.369. The third-order valence-electron chi connectivity index (χ3n) is 5.27. The van der Waals surface area contributed by atoms with Crippen molar-refractivity contribution >= 4 is 11.6 Å². The summed E-state index contributed by atoms with van der Waals surface area (Å²) in [5.41, 5.74) is 1.98. The predicted molar refractivity (Wildman–Crippen MR) is 121 cm³/mol. The van der Waals surface area contributed by atoms with Crippen molar-refractivity contribution in [2.24, 2.45) is 4.99 Å². The van der Waals surface area contributed by atoms with Crippen LogP contribution in [0.1, 0.15) is 12.5 Å². The van der Waals surface area contributed by atoms with E-state index in [1.165, 1.54) is 0 Å². The summed E-state index contributed by atoms with van der Waals surface area (Å²) in [5, 5.41) is 13.5. The third-order valence-corrected chi connectivity index (χ3v) is 5.27. The van der Waals surface area contributed by atoms with Crippen LogP contribution in [0, 0.1) is 0 Å². The van der Waals surface area contributed by atoms with Crippen molar-refractivity contribution in [1.29, 1.82) is 0 Å². The van der Waals surface area contributed by atoms with Crippen molar-refractivity contribution in [3.8, 4) is 17.2 Å². The average molecular weight is 413 g/mol. The van der Waals surface area contributed by atoms with Crippen LogP contribution in [0.4, 0.5) is 5.69 Å². The van der Waals surface area contributed by atoms with E-state index in [4.69, 9.17) is 14.5 Å². The lowest BCUT2D eigenvalue weighted by atomic mass is 10.1. The first-order chi connectivity index (χ1) is 14.7. The summed E-state index contributed by atoms with van der Waals surface area (Å²) >= 11 is 0. The smallest absolute Gasteiger partial charge is 0.194 e. The van der Waals surface area contributed by atoms with Crippen molar-refractivity contribution in [2.75, 3.05) is 58.4 Å². The Hall–Kier alpha value is -3.09. The highest BCUT2D eigenvalue weighted by molar-refractivity contribution is 5.80. The molecule has 2 N–H and O–H groups in total. The number of methoxy groups -OCH3 is 2. The van der Waals surface area contributed by atoms with Crippen LogP contribution in [0.5, 0.6) is 17.2 Å². The van der Waals surface area contributed by atoms with Gasteiger partial charge in [0.25, 0.3) is 0 Å². The normalized spacial score (nSPS) is 14.6.